The Balaban J connectivity index is 1.98. The topological polar surface area (TPSA) is 42.0 Å². The highest BCUT2D eigenvalue weighted by Crippen LogP contribution is 2.14. The van der Waals surface area contributed by atoms with Crippen molar-refractivity contribution in [3.63, 3.8) is 0 Å². The normalized spacial score (nSPS) is 11.9. The van der Waals surface area contributed by atoms with Crippen LogP contribution in [-0.2, 0) is 6.42 Å². The van der Waals surface area contributed by atoms with Crippen LogP contribution in [0, 0.1) is 0 Å². The molecule has 2 aromatic rings. The van der Waals surface area contributed by atoms with Gasteiger partial charge >= 0.3 is 0 Å². The number of amides is 1. The maximum absolute atomic E-state index is 12.1. The van der Waals surface area contributed by atoms with Crippen LogP contribution < -0.4 is 5.32 Å². The molecule has 0 saturated carbocycles. The van der Waals surface area contributed by atoms with Crippen LogP contribution in [0.1, 0.15) is 23.0 Å². The Kier molecular flexibility index (Phi) is 5.31. The maximum atomic E-state index is 12.1. The van der Waals surface area contributed by atoms with E-state index in [9.17, 15) is 4.79 Å². The first-order chi connectivity index (χ1) is 9.56. The van der Waals surface area contributed by atoms with Gasteiger partial charge in [-0.05, 0) is 59.1 Å². The molecule has 20 heavy (non-hydrogen) atoms. The molecule has 3 nitrogen and oxygen atoms in total. The molecule has 5 heteroatoms. The van der Waals surface area contributed by atoms with E-state index < -0.39 is 0 Å². The molecule has 1 atom stereocenters. The number of aromatic nitrogens is 1. The molecule has 0 fully saturated rings. The number of rotatable bonds is 4. The molecular weight excluding hydrogens is 384 g/mol. The highest BCUT2D eigenvalue weighted by atomic mass is 79.9. The summed E-state index contributed by atoms with van der Waals surface area (Å²) in [5.41, 5.74) is 1.59. The SMILES string of the molecule is CC(Cc1ccc(Br)cc1)NC(=O)c1ncccc1Br. The fourth-order valence-electron chi connectivity index (χ4n) is 1.87. The van der Waals surface area contributed by atoms with E-state index in [2.05, 4.69) is 42.2 Å². The Labute approximate surface area is 135 Å². The number of halogens is 2. The minimum Gasteiger partial charge on any atom is -0.348 e. The van der Waals surface area contributed by atoms with Gasteiger partial charge in [-0.1, -0.05) is 28.1 Å². The van der Waals surface area contributed by atoms with Crippen LogP contribution in [0.15, 0.2) is 51.5 Å². The molecule has 1 aromatic carbocycles. The summed E-state index contributed by atoms with van der Waals surface area (Å²) < 4.78 is 1.75. The number of carbonyl (C=O) groups is 1. The summed E-state index contributed by atoms with van der Waals surface area (Å²) in [5, 5.41) is 2.96. The molecule has 104 valence electrons. The van der Waals surface area contributed by atoms with Gasteiger partial charge in [0.1, 0.15) is 5.69 Å². The van der Waals surface area contributed by atoms with Crippen LogP contribution in [0.5, 0.6) is 0 Å². The Morgan fingerprint density at radius 1 is 1.25 bits per heavy atom. The lowest BCUT2D eigenvalue weighted by Gasteiger charge is -2.14. The molecule has 0 saturated heterocycles. The summed E-state index contributed by atoms with van der Waals surface area (Å²) >= 11 is 6.74. The number of benzene rings is 1. The lowest BCUT2D eigenvalue weighted by molar-refractivity contribution is 0.0934. The van der Waals surface area contributed by atoms with E-state index in [4.69, 9.17) is 0 Å². The van der Waals surface area contributed by atoms with Crippen LogP contribution in [-0.4, -0.2) is 16.9 Å². The lowest BCUT2D eigenvalue weighted by atomic mass is 10.1. The van der Waals surface area contributed by atoms with Crippen molar-refractivity contribution in [1.29, 1.82) is 0 Å². The van der Waals surface area contributed by atoms with E-state index in [-0.39, 0.29) is 11.9 Å². The first kappa shape index (κ1) is 15.2. The predicted molar refractivity (Wildman–Crippen MR) is 86.7 cm³/mol. The highest BCUT2D eigenvalue weighted by molar-refractivity contribution is 9.10. The minimum atomic E-state index is -0.165. The first-order valence-electron chi connectivity index (χ1n) is 6.22. The summed E-state index contributed by atoms with van der Waals surface area (Å²) in [7, 11) is 0. The molecule has 0 bridgehead atoms. The van der Waals surface area contributed by atoms with Gasteiger partial charge in [0.15, 0.2) is 0 Å². The number of nitrogens with zero attached hydrogens (tertiary/aromatic N) is 1. The average Bonchev–Trinajstić information content (AvgIpc) is 2.41. The fourth-order valence-corrected chi connectivity index (χ4v) is 2.57. The maximum Gasteiger partial charge on any atom is 0.271 e. The fraction of sp³-hybridized carbons (Fsp3) is 0.200. The zero-order chi connectivity index (χ0) is 14.5. The number of hydrogen-bond acceptors (Lipinski definition) is 2. The standard InChI is InChI=1S/C15H14Br2N2O/c1-10(9-11-4-6-12(16)7-5-11)19-15(20)14-13(17)3-2-8-18-14/h2-8,10H,9H2,1H3,(H,19,20). The number of carbonyl (C=O) groups excluding carboxylic acids is 1. The lowest BCUT2D eigenvalue weighted by Crippen LogP contribution is -2.34. The molecule has 1 aromatic heterocycles. The van der Waals surface area contributed by atoms with Crippen LogP contribution in [0.25, 0.3) is 0 Å². The van der Waals surface area contributed by atoms with Crippen LogP contribution in [0.4, 0.5) is 0 Å². The Morgan fingerprint density at radius 2 is 1.95 bits per heavy atom. The Bertz CT molecular complexity index is 599. The second kappa shape index (κ2) is 6.99. The Hall–Kier alpha value is -1.20. The highest BCUT2D eigenvalue weighted by Gasteiger charge is 2.14. The van der Waals surface area contributed by atoms with Crippen molar-refractivity contribution in [3.05, 3.63) is 62.8 Å². The molecule has 0 aliphatic heterocycles. The van der Waals surface area contributed by atoms with E-state index in [1.807, 2.05) is 31.2 Å². The molecule has 1 N–H and O–H groups in total. The van der Waals surface area contributed by atoms with Crippen molar-refractivity contribution in [2.75, 3.05) is 0 Å². The van der Waals surface area contributed by atoms with Gasteiger partial charge in [0.05, 0.1) is 0 Å². The minimum absolute atomic E-state index is 0.0394. The van der Waals surface area contributed by atoms with Gasteiger partial charge in [0, 0.05) is 21.2 Å². The molecular formula is C15H14Br2N2O. The second-order valence-corrected chi connectivity index (χ2v) is 6.31. The molecule has 1 amide bonds. The van der Waals surface area contributed by atoms with E-state index in [0.29, 0.717) is 10.2 Å². The summed E-state index contributed by atoms with van der Waals surface area (Å²) in [6.07, 6.45) is 2.39. The number of nitrogens with one attached hydrogen (secondary N) is 1. The van der Waals surface area contributed by atoms with Crippen molar-refractivity contribution in [3.8, 4) is 0 Å². The van der Waals surface area contributed by atoms with Gasteiger partial charge in [-0.15, -0.1) is 0 Å². The summed E-state index contributed by atoms with van der Waals surface area (Å²) in [5.74, 6) is -0.165. The molecule has 0 spiro atoms. The quantitative estimate of drug-likeness (QED) is 0.847. The van der Waals surface area contributed by atoms with Crippen molar-refractivity contribution in [2.24, 2.45) is 0 Å². The molecule has 0 aliphatic rings. The zero-order valence-corrected chi connectivity index (χ0v) is 14.1. The van der Waals surface area contributed by atoms with Gasteiger partial charge in [-0.3, -0.25) is 4.79 Å². The number of hydrogen-bond donors (Lipinski definition) is 1. The van der Waals surface area contributed by atoms with Crippen molar-refractivity contribution < 1.29 is 4.79 Å². The average molecular weight is 398 g/mol. The van der Waals surface area contributed by atoms with E-state index in [1.165, 1.54) is 5.56 Å². The first-order valence-corrected chi connectivity index (χ1v) is 7.80. The number of pyridine rings is 1. The predicted octanol–water partition coefficient (Wildman–Crippen LogP) is 3.97. The summed E-state index contributed by atoms with van der Waals surface area (Å²) in [6.45, 7) is 1.98. The smallest absolute Gasteiger partial charge is 0.271 e. The molecule has 1 heterocycles. The third-order valence-corrected chi connectivity index (χ3v) is 3.97. The van der Waals surface area contributed by atoms with Crippen molar-refractivity contribution in [2.45, 2.75) is 19.4 Å². The molecule has 2 rings (SSSR count). The molecule has 0 aliphatic carbocycles. The van der Waals surface area contributed by atoms with E-state index in [0.717, 1.165) is 10.9 Å². The second-order valence-electron chi connectivity index (χ2n) is 4.54. The third kappa shape index (κ3) is 4.15. The van der Waals surface area contributed by atoms with E-state index in [1.54, 1.807) is 18.3 Å². The molecule has 1 unspecified atom stereocenters. The van der Waals surface area contributed by atoms with Crippen molar-refractivity contribution in [1.82, 2.24) is 10.3 Å². The third-order valence-electron chi connectivity index (χ3n) is 2.81. The monoisotopic (exact) mass is 396 g/mol. The summed E-state index contributed by atoms with van der Waals surface area (Å²) in [6, 6.07) is 11.7. The van der Waals surface area contributed by atoms with Crippen LogP contribution in [0.3, 0.4) is 0 Å². The van der Waals surface area contributed by atoms with Crippen LogP contribution >= 0.6 is 31.9 Å². The van der Waals surface area contributed by atoms with Gasteiger partial charge < -0.3 is 5.32 Å². The van der Waals surface area contributed by atoms with Gasteiger partial charge in [0.2, 0.25) is 0 Å². The van der Waals surface area contributed by atoms with Gasteiger partial charge in [-0.2, -0.15) is 0 Å². The van der Waals surface area contributed by atoms with Crippen LogP contribution in [0.2, 0.25) is 0 Å². The molecule has 0 radical (unpaired) electrons. The van der Waals surface area contributed by atoms with Crippen molar-refractivity contribution >= 4 is 37.8 Å². The van der Waals surface area contributed by atoms with Gasteiger partial charge in [0.25, 0.3) is 5.91 Å². The van der Waals surface area contributed by atoms with E-state index >= 15 is 0 Å². The van der Waals surface area contributed by atoms with Gasteiger partial charge in [-0.25, -0.2) is 4.98 Å². The Morgan fingerprint density at radius 3 is 2.60 bits per heavy atom. The largest absolute Gasteiger partial charge is 0.348 e. The summed E-state index contributed by atoms with van der Waals surface area (Å²) in [4.78, 5) is 16.2. The zero-order valence-electron chi connectivity index (χ0n) is 10.9.